The van der Waals surface area contributed by atoms with Crippen LogP contribution in [-0.4, -0.2) is 49.7 Å². The van der Waals surface area contributed by atoms with Gasteiger partial charge in [-0.15, -0.1) is 0 Å². The van der Waals surface area contributed by atoms with Crippen molar-refractivity contribution in [2.24, 2.45) is 7.05 Å². The van der Waals surface area contributed by atoms with Crippen LogP contribution in [-0.2, 0) is 43.9 Å². The average Bonchev–Trinajstić information content (AvgIpc) is 3.53. The molecule has 2 N–H and O–H groups in total. The van der Waals surface area contributed by atoms with Crippen LogP contribution in [0.1, 0.15) is 30.7 Å². The quantitative estimate of drug-likeness (QED) is 0.230. The molecule has 1 saturated heterocycles. The van der Waals surface area contributed by atoms with Crippen molar-refractivity contribution in [2.45, 2.75) is 44.5 Å². The minimum atomic E-state index is -1.31. The van der Waals surface area contributed by atoms with Crippen molar-refractivity contribution in [2.75, 3.05) is 12.3 Å². The van der Waals surface area contributed by atoms with Gasteiger partial charge in [-0.1, -0.05) is 30.3 Å². The molecule has 0 spiro atoms. The van der Waals surface area contributed by atoms with Crippen LogP contribution in [0.15, 0.2) is 65.7 Å². The first-order valence-electron chi connectivity index (χ1n) is 12.9. The molecular formula is C28H28ClN5O8. The maximum Gasteiger partial charge on any atom is 0.508 e. The fraction of sp³-hybridized carbons (Fsp3) is 0.321. The first-order chi connectivity index (χ1) is 20.1. The molecule has 4 heterocycles. The summed E-state index contributed by atoms with van der Waals surface area (Å²) in [6, 6.07) is 13.9. The molecule has 14 heteroatoms. The Kier molecular flexibility index (Phi) is 8.31. The van der Waals surface area contributed by atoms with Crippen LogP contribution in [0.25, 0.3) is 11.0 Å². The number of benzene rings is 1. The van der Waals surface area contributed by atoms with Crippen molar-refractivity contribution in [3.63, 3.8) is 0 Å². The third kappa shape index (κ3) is 6.47. The van der Waals surface area contributed by atoms with Crippen LogP contribution in [0.3, 0.4) is 0 Å². The van der Waals surface area contributed by atoms with Gasteiger partial charge in [0.15, 0.2) is 0 Å². The highest BCUT2D eigenvalue weighted by Gasteiger charge is 2.50. The summed E-state index contributed by atoms with van der Waals surface area (Å²) in [5, 5.41) is 0.521. The average molecular weight is 598 g/mol. The van der Waals surface area contributed by atoms with E-state index in [1.807, 2.05) is 30.3 Å². The van der Waals surface area contributed by atoms with Crippen LogP contribution >= 0.6 is 11.6 Å². The van der Waals surface area contributed by atoms with Gasteiger partial charge in [0.05, 0.1) is 5.39 Å². The van der Waals surface area contributed by atoms with Crippen molar-refractivity contribution in [1.82, 2.24) is 19.1 Å². The van der Waals surface area contributed by atoms with E-state index < -0.39 is 30.2 Å². The lowest BCUT2D eigenvalue weighted by molar-refractivity contribution is -0.128. The first-order valence-corrected chi connectivity index (χ1v) is 13.3. The molecule has 1 fully saturated rings. The molecule has 0 unspecified atom stereocenters. The molecule has 0 radical (unpaired) electrons. The van der Waals surface area contributed by atoms with E-state index in [0.29, 0.717) is 16.6 Å². The zero-order valence-electron chi connectivity index (χ0n) is 22.8. The lowest BCUT2D eigenvalue weighted by Crippen LogP contribution is -2.44. The largest absolute Gasteiger partial charge is 0.508 e. The predicted molar refractivity (Wildman–Crippen MR) is 149 cm³/mol. The summed E-state index contributed by atoms with van der Waals surface area (Å²) >= 11 is 6.04. The van der Waals surface area contributed by atoms with Crippen molar-refractivity contribution in [3.05, 3.63) is 87.7 Å². The highest BCUT2D eigenvalue weighted by molar-refractivity contribution is 6.28. The molecule has 3 atom stereocenters. The molecule has 0 saturated carbocycles. The van der Waals surface area contributed by atoms with Gasteiger partial charge in [0.2, 0.25) is 5.28 Å². The maximum atomic E-state index is 12.7. The van der Waals surface area contributed by atoms with Gasteiger partial charge in [-0.2, -0.15) is 4.98 Å². The SMILES string of the molecule is Cn1ccc(COC(=O)OC[C@@]2(C)O[C@@H](n3ccc4c(N)nc(Cl)nc43)C[C@@H]2OC(=O)OCc2ccccc2)cc1=O. The Balaban J connectivity index is 1.29. The number of nitrogens with zero attached hydrogens (tertiary/aromatic N) is 4. The van der Waals surface area contributed by atoms with Gasteiger partial charge < -0.3 is 38.6 Å². The van der Waals surface area contributed by atoms with E-state index in [0.717, 1.165) is 5.56 Å². The fourth-order valence-corrected chi connectivity index (χ4v) is 4.70. The number of ether oxygens (including phenoxy) is 5. The van der Waals surface area contributed by atoms with Crippen molar-refractivity contribution in [1.29, 1.82) is 0 Å². The Morgan fingerprint density at radius 1 is 1.05 bits per heavy atom. The molecule has 0 bridgehead atoms. The van der Waals surface area contributed by atoms with E-state index in [4.69, 9.17) is 41.0 Å². The topological polar surface area (TPSA) is 159 Å². The van der Waals surface area contributed by atoms with E-state index in [9.17, 15) is 14.4 Å². The zero-order chi connectivity index (χ0) is 29.9. The van der Waals surface area contributed by atoms with Gasteiger partial charge in [0.1, 0.15) is 49.2 Å². The normalized spacial score (nSPS) is 19.9. The molecular weight excluding hydrogens is 570 g/mol. The summed E-state index contributed by atoms with van der Waals surface area (Å²) in [4.78, 5) is 45.2. The summed E-state index contributed by atoms with van der Waals surface area (Å²) in [5.41, 5.74) is 6.15. The number of hydrogen-bond donors (Lipinski definition) is 1. The number of nitrogens with two attached hydrogens (primary N) is 1. The second kappa shape index (κ2) is 12.1. The van der Waals surface area contributed by atoms with Crippen molar-refractivity contribution < 1.29 is 33.3 Å². The van der Waals surface area contributed by atoms with Gasteiger partial charge in [-0.05, 0) is 41.8 Å². The Bertz CT molecular complexity index is 1660. The van der Waals surface area contributed by atoms with E-state index in [-0.39, 0.29) is 42.9 Å². The number of carbonyl (C=O) groups excluding carboxylic acids is 2. The number of anilines is 1. The summed E-state index contributed by atoms with van der Waals surface area (Å²) in [7, 11) is 1.61. The second-order valence-corrected chi connectivity index (χ2v) is 10.2. The molecule has 42 heavy (non-hydrogen) atoms. The summed E-state index contributed by atoms with van der Waals surface area (Å²) in [5.74, 6) is 0.198. The lowest BCUT2D eigenvalue weighted by Gasteiger charge is -2.29. The number of carbonyl (C=O) groups is 2. The molecule has 13 nitrogen and oxygen atoms in total. The standard InChI is InChI=1S/C28H28ClN5O8/c1-28(16-40-26(36)38-15-18-8-10-33(2)21(35)12-18)20(41-27(37)39-14-17-6-4-3-5-7-17)13-22(42-28)34-11-9-19-23(30)31-25(29)32-24(19)34/h3-12,20,22H,13-16H2,1-2H3,(H2,30,31,32)/t20-,22+,28+/m0/s1. The number of fused-ring (bicyclic) bond motifs is 1. The Morgan fingerprint density at radius 2 is 1.79 bits per heavy atom. The van der Waals surface area contributed by atoms with E-state index in [2.05, 4.69) is 9.97 Å². The molecule has 0 aliphatic carbocycles. The molecule has 5 rings (SSSR count). The van der Waals surface area contributed by atoms with E-state index >= 15 is 0 Å². The molecule has 1 aromatic carbocycles. The number of pyridine rings is 1. The Morgan fingerprint density at radius 3 is 2.55 bits per heavy atom. The van der Waals surface area contributed by atoms with Gasteiger partial charge in [-0.3, -0.25) is 4.79 Å². The third-order valence-electron chi connectivity index (χ3n) is 6.83. The number of aromatic nitrogens is 4. The molecule has 4 aromatic rings. The van der Waals surface area contributed by atoms with Crippen LogP contribution < -0.4 is 11.3 Å². The maximum absolute atomic E-state index is 12.7. The minimum Gasteiger partial charge on any atom is -0.431 e. The highest BCUT2D eigenvalue weighted by Crippen LogP contribution is 2.41. The number of nitrogen functional groups attached to an aromatic ring is 1. The van der Waals surface area contributed by atoms with E-state index in [1.54, 1.807) is 43.1 Å². The van der Waals surface area contributed by atoms with Crippen LogP contribution in [0.2, 0.25) is 5.28 Å². The van der Waals surface area contributed by atoms with Crippen LogP contribution in [0.5, 0.6) is 0 Å². The fourth-order valence-electron chi connectivity index (χ4n) is 4.53. The van der Waals surface area contributed by atoms with Crippen molar-refractivity contribution in [3.8, 4) is 0 Å². The predicted octanol–water partition coefficient (Wildman–Crippen LogP) is 4.12. The number of halogens is 1. The highest BCUT2D eigenvalue weighted by atomic mass is 35.5. The van der Waals surface area contributed by atoms with Gasteiger partial charge >= 0.3 is 12.3 Å². The third-order valence-corrected chi connectivity index (χ3v) is 7.00. The molecule has 3 aromatic heterocycles. The number of hydrogen-bond acceptors (Lipinski definition) is 11. The van der Waals surface area contributed by atoms with Gasteiger partial charge in [0, 0.05) is 31.9 Å². The van der Waals surface area contributed by atoms with Gasteiger partial charge in [-0.25, -0.2) is 14.6 Å². The first kappa shape index (κ1) is 28.9. The number of aryl methyl sites for hydroxylation is 1. The summed E-state index contributed by atoms with van der Waals surface area (Å²) in [6.07, 6.45) is -0.0871. The van der Waals surface area contributed by atoms with E-state index in [1.165, 1.54) is 10.6 Å². The molecule has 1 aliphatic heterocycles. The van der Waals surface area contributed by atoms with Crippen LogP contribution in [0.4, 0.5) is 15.4 Å². The Hall–Kier alpha value is -4.62. The van der Waals surface area contributed by atoms with Crippen molar-refractivity contribution >= 4 is 40.8 Å². The second-order valence-electron chi connectivity index (χ2n) is 9.90. The lowest BCUT2D eigenvalue weighted by atomic mass is 10.00. The smallest absolute Gasteiger partial charge is 0.431 e. The summed E-state index contributed by atoms with van der Waals surface area (Å²) < 4.78 is 30.9. The van der Waals surface area contributed by atoms with Gasteiger partial charge in [0.25, 0.3) is 5.56 Å². The number of rotatable bonds is 8. The molecule has 0 amide bonds. The van der Waals surface area contributed by atoms with Crippen LogP contribution in [0, 0.1) is 0 Å². The monoisotopic (exact) mass is 597 g/mol. The molecule has 220 valence electrons. The summed E-state index contributed by atoms with van der Waals surface area (Å²) in [6.45, 7) is 1.15. The molecule has 1 aliphatic rings. The zero-order valence-corrected chi connectivity index (χ0v) is 23.5. The Labute approximate surface area is 244 Å². The minimum absolute atomic E-state index is 0.00967.